The van der Waals surface area contributed by atoms with Crippen LogP contribution in [0.4, 0.5) is 0 Å². The first kappa shape index (κ1) is 14.3. The summed E-state index contributed by atoms with van der Waals surface area (Å²) in [6, 6.07) is 11.1. The molecular weight excluding hydrogens is 282 g/mol. The first-order valence-electron chi connectivity index (χ1n) is 7.19. The lowest BCUT2D eigenvalue weighted by molar-refractivity contribution is -0.131. The number of carbonyl (C=O) groups excluding carboxylic acids is 2. The fourth-order valence-corrected chi connectivity index (χ4v) is 2.74. The van der Waals surface area contributed by atoms with Gasteiger partial charge in [0, 0.05) is 32.6 Å². The van der Waals surface area contributed by atoms with Crippen molar-refractivity contribution in [3.8, 4) is 0 Å². The molecule has 0 bridgehead atoms. The molecule has 1 atom stereocenters. The summed E-state index contributed by atoms with van der Waals surface area (Å²) in [6.45, 7) is 3.03. The maximum Gasteiger partial charge on any atom is 0.293 e. The van der Waals surface area contributed by atoms with Crippen LogP contribution in [0.5, 0.6) is 0 Å². The van der Waals surface area contributed by atoms with Crippen LogP contribution in [0.1, 0.15) is 29.1 Å². The first-order valence-corrected chi connectivity index (χ1v) is 7.19. The SMILES string of the molecule is CC(=O)N1CCN(C(=O)c2ccno2)C(c2ccccc2)C1. The van der Waals surface area contributed by atoms with Gasteiger partial charge in [-0.2, -0.15) is 0 Å². The molecule has 1 aromatic carbocycles. The number of aromatic nitrogens is 1. The Kier molecular flexibility index (Phi) is 3.91. The summed E-state index contributed by atoms with van der Waals surface area (Å²) in [5.41, 5.74) is 1.00. The molecule has 22 heavy (non-hydrogen) atoms. The minimum absolute atomic E-state index is 0.0210. The van der Waals surface area contributed by atoms with E-state index in [1.165, 1.54) is 6.20 Å². The lowest BCUT2D eigenvalue weighted by atomic mass is 10.0. The van der Waals surface area contributed by atoms with Gasteiger partial charge in [-0.25, -0.2) is 0 Å². The number of carbonyl (C=O) groups is 2. The number of hydrogen-bond donors (Lipinski definition) is 0. The predicted octanol–water partition coefficient (Wildman–Crippen LogP) is 1.72. The predicted molar refractivity (Wildman–Crippen MR) is 79.0 cm³/mol. The van der Waals surface area contributed by atoms with Crippen LogP contribution < -0.4 is 0 Å². The zero-order valence-electron chi connectivity index (χ0n) is 12.3. The van der Waals surface area contributed by atoms with Crippen molar-refractivity contribution in [2.24, 2.45) is 0 Å². The molecule has 2 aromatic rings. The van der Waals surface area contributed by atoms with E-state index in [0.717, 1.165) is 5.56 Å². The van der Waals surface area contributed by atoms with Gasteiger partial charge >= 0.3 is 0 Å². The molecule has 1 fully saturated rings. The third kappa shape index (κ3) is 2.72. The Balaban J connectivity index is 1.90. The Labute approximate surface area is 128 Å². The van der Waals surface area contributed by atoms with Gasteiger partial charge in [0.15, 0.2) is 0 Å². The second kappa shape index (κ2) is 6.01. The first-order chi connectivity index (χ1) is 10.7. The van der Waals surface area contributed by atoms with Crippen LogP contribution in [0.15, 0.2) is 47.1 Å². The molecule has 1 aliphatic rings. The summed E-state index contributed by atoms with van der Waals surface area (Å²) in [5.74, 6) is 0.0412. The van der Waals surface area contributed by atoms with E-state index in [-0.39, 0.29) is 23.6 Å². The van der Waals surface area contributed by atoms with E-state index in [9.17, 15) is 9.59 Å². The average molecular weight is 299 g/mol. The summed E-state index contributed by atoms with van der Waals surface area (Å²) < 4.78 is 4.99. The van der Waals surface area contributed by atoms with E-state index in [0.29, 0.717) is 19.6 Å². The number of piperazine rings is 1. The molecule has 2 amide bonds. The van der Waals surface area contributed by atoms with E-state index < -0.39 is 0 Å². The lowest BCUT2D eigenvalue weighted by Gasteiger charge is -2.41. The monoisotopic (exact) mass is 299 g/mol. The van der Waals surface area contributed by atoms with Crippen LogP contribution in [0.25, 0.3) is 0 Å². The minimum atomic E-state index is -0.199. The number of hydrogen-bond acceptors (Lipinski definition) is 4. The highest BCUT2D eigenvalue weighted by Crippen LogP contribution is 2.27. The standard InChI is InChI=1S/C16H17N3O3/c1-12(20)18-9-10-19(16(21)15-7-8-17-22-15)14(11-18)13-5-3-2-4-6-13/h2-8,14H,9-11H2,1H3. The molecular formula is C16H17N3O3. The van der Waals surface area contributed by atoms with Gasteiger partial charge in [-0.3, -0.25) is 9.59 Å². The smallest absolute Gasteiger partial charge is 0.293 e. The zero-order valence-corrected chi connectivity index (χ0v) is 12.3. The van der Waals surface area contributed by atoms with Crippen molar-refractivity contribution in [3.63, 3.8) is 0 Å². The Hall–Kier alpha value is -2.63. The molecule has 1 aliphatic heterocycles. The lowest BCUT2D eigenvalue weighted by Crippen LogP contribution is -2.51. The van der Waals surface area contributed by atoms with Crippen molar-refractivity contribution >= 4 is 11.8 Å². The highest BCUT2D eigenvalue weighted by molar-refractivity contribution is 5.91. The molecule has 6 nitrogen and oxygen atoms in total. The van der Waals surface area contributed by atoms with E-state index in [1.807, 2.05) is 30.3 Å². The van der Waals surface area contributed by atoms with Crippen molar-refractivity contribution < 1.29 is 14.1 Å². The van der Waals surface area contributed by atoms with Gasteiger partial charge in [0.05, 0.1) is 12.2 Å². The van der Waals surface area contributed by atoms with Gasteiger partial charge in [-0.15, -0.1) is 0 Å². The Morgan fingerprint density at radius 2 is 1.95 bits per heavy atom. The molecule has 0 spiro atoms. The van der Waals surface area contributed by atoms with Gasteiger partial charge in [0.1, 0.15) is 0 Å². The minimum Gasteiger partial charge on any atom is -0.351 e. The molecule has 0 N–H and O–H groups in total. The van der Waals surface area contributed by atoms with Crippen molar-refractivity contribution in [1.82, 2.24) is 15.0 Å². The second-order valence-corrected chi connectivity index (χ2v) is 5.27. The van der Waals surface area contributed by atoms with Crippen molar-refractivity contribution in [1.29, 1.82) is 0 Å². The molecule has 114 valence electrons. The number of nitrogens with zero attached hydrogens (tertiary/aromatic N) is 3. The highest BCUT2D eigenvalue weighted by Gasteiger charge is 2.34. The maximum atomic E-state index is 12.6. The summed E-state index contributed by atoms with van der Waals surface area (Å²) >= 11 is 0. The van der Waals surface area contributed by atoms with Gasteiger partial charge in [0.2, 0.25) is 11.7 Å². The van der Waals surface area contributed by atoms with E-state index >= 15 is 0 Å². The molecule has 6 heteroatoms. The summed E-state index contributed by atoms with van der Waals surface area (Å²) in [4.78, 5) is 27.8. The fraction of sp³-hybridized carbons (Fsp3) is 0.312. The summed E-state index contributed by atoms with van der Waals surface area (Å²) in [7, 11) is 0. The van der Waals surface area contributed by atoms with Gasteiger partial charge in [-0.1, -0.05) is 35.5 Å². The molecule has 1 aromatic heterocycles. The second-order valence-electron chi connectivity index (χ2n) is 5.27. The molecule has 0 aliphatic carbocycles. The Morgan fingerprint density at radius 3 is 2.59 bits per heavy atom. The van der Waals surface area contributed by atoms with E-state index in [4.69, 9.17) is 4.52 Å². The fourth-order valence-electron chi connectivity index (χ4n) is 2.74. The number of benzene rings is 1. The molecule has 0 saturated carbocycles. The van der Waals surface area contributed by atoms with Gasteiger partial charge in [0.25, 0.3) is 5.91 Å². The molecule has 2 heterocycles. The molecule has 0 radical (unpaired) electrons. The quantitative estimate of drug-likeness (QED) is 0.847. The van der Waals surface area contributed by atoms with Gasteiger partial charge in [-0.05, 0) is 5.56 Å². The average Bonchev–Trinajstić information content (AvgIpc) is 3.09. The van der Waals surface area contributed by atoms with Crippen LogP contribution >= 0.6 is 0 Å². The Bertz CT molecular complexity index is 655. The number of amides is 2. The van der Waals surface area contributed by atoms with Crippen LogP contribution in [0.3, 0.4) is 0 Å². The van der Waals surface area contributed by atoms with Crippen molar-refractivity contribution in [3.05, 3.63) is 53.9 Å². The summed E-state index contributed by atoms with van der Waals surface area (Å²) in [5, 5.41) is 3.59. The third-order valence-corrected chi connectivity index (χ3v) is 3.92. The molecule has 1 saturated heterocycles. The van der Waals surface area contributed by atoms with Crippen LogP contribution in [-0.4, -0.2) is 46.4 Å². The topological polar surface area (TPSA) is 66.7 Å². The third-order valence-electron chi connectivity index (χ3n) is 3.92. The zero-order chi connectivity index (χ0) is 15.5. The normalized spacial score (nSPS) is 18.3. The molecule has 1 unspecified atom stereocenters. The largest absolute Gasteiger partial charge is 0.351 e. The van der Waals surface area contributed by atoms with Crippen LogP contribution in [0.2, 0.25) is 0 Å². The number of rotatable bonds is 2. The van der Waals surface area contributed by atoms with Crippen LogP contribution in [-0.2, 0) is 4.79 Å². The molecule has 3 rings (SSSR count). The highest BCUT2D eigenvalue weighted by atomic mass is 16.5. The van der Waals surface area contributed by atoms with Crippen molar-refractivity contribution in [2.45, 2.75) is 13.0 Å². The van der Waals surface area contributed by atoms with Crippen LogP contribution in [0, 0.1) is 0 Å². The van der Waals surface area contributed by atoms with E-state index in [1.54, 1.807) is 22.8 Å². The van der Waals surface area contributed by atoms with E-state index in [2.05, 4.69) is 5.16 Å². The maximum absolute atomic E-state index is 12.6. The summed E-state index contributed by atoms with van der Waals surface area (Å²) in [6.07, 6.45) is 1.45. The van der Waals surface area contributed by atoms with Gasteiger partial charge < -0.3 is 14.3 Å². The Morgan fingerprint density at radius 1 is 1.18 bits per heavy atom. The van der Waals surface area contributed by atoms with Crippen molar-refractivity contribution in [2.75, 3.05) is 19.6 Å².